The lowest BCUT2D eigenvalue weighted by Crippen LogP contribution is -2.37. The molecular formula is C27H23Cl2N3O4S. The number of carbonyl (C=O) groups excluding carboxylic acids is 2. The molecule has 1 heterocycles. The van der Waals surface area contributed by atoms with Gasteiger partial charge in [-0.15, -0.1) is 11.3 Å². The number of thiazole rings is 1. The number of ether oxygens (including phenoxy) is 2. The van der Waals surface area contributed by atoms with E-state index in [2.05, 4.69) is 10.3 Å². The van der Waals surface area contributed by atoms with E-state index < -0.39 is 5.91 Å². The van der Waals surface area contributed by atoms with Gasteiger partial charge in [-0.05, 0) is 48.0 Å². The van der Waals surface area contributed by atoms with Crippen LogP contribution in [0.3, 0.4) is 0 Å². The Morgan fingerprint density at radius 2 is 1.95 bits per heavy atom. The number of halogens is 2. The van der Waals surface area contributed by atoms with E-state index in [4.69, 9.17) is 32.7 Å². The Morgan fingerprint density at radius 1 is 1.14 bits per heavy atom. The molecule has 1 N–H and O–H groups in total. The topological polar surface area (TPSA) is 80.8 Å². The van der Waals surface area contributed by atoms with Gasteiger partial charge in [-0.2, -0.15) is 0 Å². The average molecular weight is 556 g/mol. The molecule has 37 heavy (non-hydrogen) atoms. The van der Waals surface area contributed by atoms with Gasteiger partial charge in [0.15, 0.2) is 0 Å². The maximum atomic E-state index is 12.8. The number of rotatable bonds is 9. The number of anilines is 1. The molecule has 4 rings (SSSR count). The number of para-hydroxylation sites is 1. The van der Waals surface area contributed by atoms with E-state index >= 15 is 0 Å². The summed E-state index contributed by atoms with van der Waals surface area (Å²) in [6.45, 7) is -0.121. The SMILES string of the molecule is COc1cccc(C=CC(=O)NCC(=O)N(C)c2ccc(Cl)c(COc3cccc4scnc34)c2Cl)c1. The molecule has 0 unspecified atom stereocenters. The zero-order valence-corrected chi connectivity index (χ0v) is 22.4. The van der Waals surface area contributed by atoms with E-state index in [1.54, 1.807) is 43.9 Å². The van der Waals surface area contributed by atoms with Crippen molar-refractivity contribution < 1.29 is 19.1 Å². The first-order chi connectivity index (χ1) is 17.9. The molecule has 2 amide bonds. The lowest BCUT2D eigenvalue weighted by Gasteiger charge is -2.21. The maximum Gasteiger partial charge on any atom is 0.246 e. The Balaban J connectivity index is 1.39. The van der Waals surface area contributed by atoms with Crippen molar-refractivity contribution in [2.24, 2.45) is 0 Å². The Bertz CT molecular complexity index is 1470. The van der Waals surface area contributed by atoms with Crippen molar-refractivity contribution in [3.05, 3.63) is 87.4 Å². The maximum absolute atomic E-state index is 12.8. The molecule has 1 aromatic heterocycles. The molecule has 190 valence electrons. The van der Waals surface area contributed by atoms with Crippen molar-refractivity contribution in [3.63, 3.8) is 0 Å². The molecule has 7 nitrogen and oxygen atoms in total. The minimum Gasteiger partial charge on any atom is -0.497 e. The van der Waals surface area contributed by atoms with Gasteiger partial charge in [0.1, 0.15) is 23.6 Å². The molecule has 0 bridgehead atoms. The van der Waals surface area contributed by atoms with E-state index in [0.29, 0.717) is 27.8 Å². The fourth-order valence-corrected chi connectivity index (χ4v) is 4.80. The van der Waals surface area contributed by atoms with Crippen LogP contribution < -0.4 is 19.7 Å². The highest BCUT2D eigenvalue weighted by molar-refractivity contribution is 7.16. The monoisotopic (exact) mass is 555 g/mol. The Labute approximate surface area is 228 Å². The zero-order valence-electron chi connectivity index (χ0n) is 20.0. The summed E-state index contributed by atoms with van der Waals surface area (Å²) < 4.78 is 12.2. The van der Waals surface area contributed by atoms with E-state index in [0.717, 1.165) is 15.8 Å². The number of aromatic nitrogens is 1. The highest BCUT2D eigenvalue weighted by Gasteiger charge is 2.19. The molecule has 10 heteroatoms. The summed E-state index contributed by atoms with van der Waals surface area (Å²) in [6.07, 6.45) is 3.00. The van der Waals surface area contributed by atoms with Gasteiger partial charge >= 0.3 is 0 Å². The third-order valence-electron chi connectivity index (χ3n) is 5.53. The number of benzene rings is 3. The summed E-state index contributed by atoms with van der Waals surface area (Å²) in [7, 11) is 3.15. The fourth-order valence-electron chi connectivity index (χ4n) is 3.50. The smallest absolute Gasteiger partial charge is 0.246 e. The Morgan fingerprint density at radius 3 is 2.76 bits per heavy atom. The van der Waals surface area contributed by atoms with Crippen LogP contribution in [-0.2, 0) is 16.2 Å². The molecule has 0 aliphatic rings. The highest BCUT2D eigenvalue weighted by atomic mass is 35.5. The van der Waals surface area contributed by atoms with E-state index in [1.165, 1.54) is 22.3 Å². The number of likely N-dealkylation sites (N-methyl/N-ethyl adjacent to an activating group) is 1. The Kier molecular flexibility index (Phi) is 8.66. The van der Waals surface area contributed by atoms with Crippen LogP contribution in [-0.4, -0.2) is 37.5 Å². The summed E-state index contributed by atoms with van der Waals surface area (Å²) in [4.78, 5) is 30.7. The largest absolute Gasteiger partial charge is 0.497 e. The molecule has 0 radical (unpaired) electrons. The highest BCUT2D eigenvalue weighted by Crippen LogP contribution is 2.35. The standard InChI is InChI=1S/C27H23Cl2N3O4S/c1-32(25(34)14-30-24(33)12-9-17-5-3-6-18(13-17)35-2)21-11-10-20(28)19(26(21)29)15-36-22-7-4-8-23-27(22)31-16-37-23/h3-13,16H,14-15H2,1-2H3,(H,30,33). The average Bonchev–Trinajstić information content (AvgIpc) is 3.40. The third-order valence-corrected chi connectivity index (χ3v) is 7.10. The van der Waals surface area contributed by atoms with Gasteiger partial charge in [-0.3, -0.25) is 9.59 Å². The number of hydrogen-bond donors (Lipinski definition) is 1. The molecule has 0 saturated heterocycles. The van der Waals surface area contributed by atoms with Crippen LogP contribution in [0, 0.1) is 0 Å². The van der Waals surface area contributed by atoms with Gasteiger partial charge in [0.05, 0.1) is 34.6 Å². The van der Waals surface area contributed by atoms with Crippen LogP contribution in [0.4, 0.5) is 5.69 Å². The van der Waals surface area contributed by atoms with Crippen molar-refractivity contribution in [1.82, 2.24) is 10.3 Å². The number of nitrogens with one attached hydrogen (secondary N) is 1. The molecule has 0 spiro atoms. The second-order valence-electron chi connectivity index (χ2n) is 7.88. The van der Waals surface area contributed by atoms with Crippen molar-refractivity contribution in [2.45, 2.75) is 6.61 Å². The lowest BCUT2D eigenvalue weighted by atomic mass is 10.2. The van der Waals surface area contributed by atoms with Gasteiger partial charge in [0.25, 0.3) is 0 Å². The van der Waals surface area contributed by atoms with Gasteiger partial charge in [0.2, 0.25) is 11.8 Å². The molecule has 3 aromatic carbocycles. The number of carbonyl (C=O) groups is 2. The zero-order chi connectivity index (χ0) is 26.4. The van der Waals surface area contributed by atoms with Crippen LogP contribution in [0.2, 0.25) is 10.0 Å². The summed E-state index contributed by atoms with van der Waals surface area (Å²) >= 11 is 14.6. The van der Waals surface area contributed by atoms with Crippen LogP contribution >= 0.6 is 34.5 Å². The predicted molar refractivity (Wildman–Crippen MR) is 149 cm³/mol. The quantitative estimate of drug-likeness (QED) is 0.257. The number of nitrogens with zero attached hydrogens (tertiary/aromatic N) is 2. The number of fused-ring (bicyclic) bond motifs is 1. The van der Waals surface area contributed by atoms with Gasteiger partial charge in [-0.25, -0.2) is 4.98 Å². The molecule has 0 atom stereocenters. The van der Waals surface area contributed by atoms with Crippen molar-refractivity contribution in [1.29, 1.82) is 0 Å². The van der Waals surface area contributed by atoms with Crippen LogP contribution in [0.5, 0.6) is 11.5 Å². The normalized spacial score (nSPS) is 11.0. The molecular weight excluding hydrogens is 533 g/mol. The number of hydrogen-bond acceptors (Lipinski definition) is 6. The van der Waals surface area contributed by atoms with Crippen LogP contribution in [0.15, 0.2) is 66.2 Å². The summed E-state index contributed by atoms with van der Waals surface area (Å²) in [5, 5.41) is 3.29. The van der Waals surface area contributed by atoms with Crippen molar-refractivity contribution in [2.75, 3.05) is 25.6 Å². The predicted octanol–water partition coefficient (Wildman–Crippen LogP) is 5.98. The number of amides is 2. The Hall–Kier alpha value is -3.59. The lowest BCUT2D eigenvalue weighted by molar-refractivity contribution is -0.122. The summed E-state index contributed by atoms with van der Waals surface area (Å²) in [6, 6.07) is 16.3. The first-order valence-corrected chi connectivity index (χ1v) is 12.8. The van der Waals surface area contributed by atoms with Crippen LogP contribution in [0.25, 0.3) is 16.3 Å². The summed E-state index contributed by atoms with van der Waals surface area (Å²) in [5.74, 6) is 0.540. The van der Waals surface area contributed by atoms with Gasteiger partial charge in [0, 0.05) is 23.7 Å². The van der Waals surface area contributed by atoms with E-state index in [9.17, 15) is 9.59 Å². The minimum atomic E-state index is -0.405. The molecule has 0 aliphatic heterocycles. The second kappa shape index (κ2) is 12.1. The third kappa shape index (κ3) is 6.40. The van der Waals surface area contributed by atoms with Crippen LogP contribution in [0.1, 0.15) is 11.1 Å². The number of methoxy groups -OCH3 is 1. The second-order valence-corrected chi connectivity index (χ2v) is 9.55. The van der Waals surface area contributed by atoms with Gasteiger partial charge in [-0.1, -0.05) is 41.4 Å². The fraction of sp³-hybridized carbons (Fsp3) is 0.148. The molecule has 0 saturated carbocycles. The molecule has 0 fully saturated rings. The molecule has 4 aromatic rings. The minimum absolute atomic E-state index is 0.0932. The van der Waals surface area contributed by atoms with Gasteiger partial charge < -0.3 is 19.7 Å². The molecule has 0 aliphatic carbocycles. The van der Waals surface area contributed by atoms with Crippen molar-refractivity contribution >= 4 is 68.3 Å². The van der Waals surface area contributed by atoms with E-state index in [1.807, 2.05) is 36.4 Å². The first-order valence-electron chi connectivity index (χ1n) is 11.2. The van der Waals surface area contributed by atoms with E-state index in [-0.39, 0.29) is 24.1 Å². The first kappa shape index (κ1) is 26.5. The van der Waals surface area contributed by atoms with Crippen molar-refractivity contribution in [3.8, 4) is 11.5 Å². The summed E-state index contributed by atoms with van der Waals surface area (Å²) in [5.41, 5.74) is 4.30.